The maximum absolute atomic E-state index is 14.3. The fourth-order valence-electron chi connectivity index (χ4n) is 4.48. The van der Waals surface area contributed by atoms with E-state index in [0.717, 1.165) is 0 Å². The normalized spacial score (nSPS) is 14.5. The van der Waals surface area contributed by atoms with E-state index in [-0.39, 0.29) is 46.7 Å². The Hall–Kier alpha value is -4.78. The van der Waals surface area contributed by atoms with Gasteiger partial charge in [-0.05, 0) is 42.8 Å². The maximum Gasteiger partial charge on any atom is 0.353 e. The van der Waals surface area contributed by atoms with Crippen LogP contribution in [0.5, 0.6) is 5.75 Å². The van der Waals surface area contributed by atoms with Crippen molar-refractivity contribution in [2.75, 3.05) is 11.4 Å². The Labute approximate surface area is 228 Å². The molecule has 0 bridgehead atoms. The molecule has 3 heterocycles. The molecule has 40 heavy (non-hydrogen) atoms. The van der Waals surface area contributed by atoms with Crippen LogP contribution in [-0.4, -0.2) is 54.5 Å². The number of nitrogens with zero attached hydrogens (tertiary/aromatic N) is 3. The number of benzene rings is 2. The Kier molecular flexibility index (Phi) is 6.98. The summed E-state index contributed by atoms with van der Waals surface area (Å²) in [5.41, 5.74) is 0.411. The Balaban J connectivity index is 1.66. The third-order valence-electron chi connectivity index (χ3n) is 6.45. The van der Waals surface area contributed by atoms with Gasteiger partial charge in [0.2, 0.25) is 5.71 Å². The Morgan fingerprint density at radius 1 is 1.02 bits per heavy atom. The molecule has 1 aliphatic heterocycles. The number of hydroxylamine groups is 2. The molecule has 0 saturated carbocycles. The number of ether oxygens (including phenoxy) is 1. The van der Waals surface area contributed by atoms with E-state index in [1.165, 1.54) is 50.6 Å². The van der Waals surface area contributed by atoms with Gasteiger partial charge in [0.05, 0.1) is 35.5 Å². The van der Waals surface area contributed by atoms with Crippen LogP contribution < -0.4 is 9.04 Å². The van der Waals surface area contributed by atoms with Gasteiger partial charge in [0.15, 0.2) is 5.25 Å². The summed E-state index contributed by atoms with van der Waals surface area (Å²) in [5, 5.41) is -1.04. The highest BCUT2D eigenvalue weighted by Gasteiger charge is 2.44. The number of imide groups is 1. The molecule has 1 aliphatic rings. The lowest BCUT2D eigenvalue weighted by molar-refractivity contribution is -0.197. The Bertz CT molecular complexity index is 1750. The van der Waals surface area contributed by atoms with Gasteiger partial charge in [-0.1, -0.05) is 25.1 Å². The molecule has 1 fully saturated rings. The van der Waals surface area contributed by atoms with Crippen molar-refractivity contribution in [3.8, 4) is 5.75 Å². The number of carbonyl (C=O) groups excluding carboxylic acids is 4. The molecule has 2 aromatic carbocycles. The highest BCUT2D eigenvalue weighted by Crippen LogP contribution is 2.33. The average Bonchev–Trinajstić information content (AvgIpc) is 3.53. The maximum atomic E-state index is 14.3. The van der Waals surface area contributed by atoms with Crippen LogP contribution in [0.4, 0.5) is 5.69 Å². The van der Waals surface area contributed by atoms with Crippen molar-refractivity contribution >= 4 is 61.4 Å². The van der Waals surface area contributed by atoms with Crippen LogP contribution in [0.25, 0.3) is 22.0 Å². The van der Waals surface area contributed by atoms with Crippen LogP contribution in [0.1, 0.15) is 36.5 Å². The third-order valence-corrected chi connectivity index (χ3v) is 8.58. The first-order valence-electron chi connectivity index (χ1n) is 12.2. The molecule has 1 unspecified atom stereocenters. The lowest BCUT2D eigenvalue weighted by Crippen LogP contribution is -2.48. The predicted octanol–water partition coefficient (Wildman–Crippen LogP) is 3.35. The van der Waals surface area contributed by atoms with Crippen molar-refractivity contribution in [2.24, 2.45) is 0 Å². The molecule has 1 atom stereocenters. The number of carbonyl (C=O) groups is 4. The minimum absolute atomic E-state index is 0.0122. The highest BCUT2D eigenvalue weighted by molar-refractivity contribution is 7.94. The zero-order valence-corrected chi connectivity index (χ0v) is 22.2. The van der Waals surface area contributed by atoms with Gasteiger partial charge in [-0.15, -0.1) is 5.06 Å². The molecule has 206 valence electrons. The minimum atomic E-state index is -4.86. The molecule has 2 aromatic heterocycles. The van der Waals surface area contributed by atoms with Gasteiger partial charge in [-0.3, -0.25) is 14.4 Å². The predicted molar refractivity (Wildman–Crippen MR) is 141 cm³/mol. The van der Waals surface area contributed by atoms with Crippen LogP contribution in [0, 0.1) is 0 Å². The molecular weight excluding hydrogens is 542 g/mol. The second kappa shape index (κ2) is 10.4. The molecule has 0 spiro atoms. The molecule has 0 radical (unpaired) electrons. The minimum Gasteiger partial charge on any atom is -0.497 e. The largest absolute Gasteiger partial charge is 0.497 e. The van der Waals surface area contributed by atoms with Crippen molar-refractivity contribution in [3.63, 3.8) is 0 Å². The Morgan fingerprint density at radius 3 is 2.35 bits per heavy atom. The third kappa shape index (κ3) is 4.53. The van der Waals surface area contributed by atoms with Gasteiger partial charge < -0.3 is 14.0 Å². The summed E-state index contributed by atoms with van der Waals surface area (Å²) in [6.07, 6.45) is 0.676. The van der Waals surface area contributed by atoms with Crippen molar-refractivity contribution in [2.45, 2.75) is 31.4 Å². The number of amides is 3. The van der Waals surface area contributed by atoms with Crippen LogP contribution in [0.15, 0.2) is 65.3 Å². The van der Waals surface area contributed by atoms with E-state index in [2.05, 4.69) is 4.98 Å². The van der Waals surface area contributed by atoms with Crippen molar-refractivity contribution in [3.05, 3.63) is 66.4 Å². The fourth-order valence-corrected chi connectivity index (χ4v) is 6.18. The quantitative estimate of drug-likeness (QED) is 0.291. The summed E-state index contributed by atoms with van der Waals surface area (Å²) in [7, 11) is -3.43. The number of furan rings is 1. The lowest BCUT2D eigenvalue weighted by atomic mass is 10.0. The molecule has 1 saturated heterocycles. The molecule has 4 aromatic rings. The van der Waals surface area contributed by atoms with E-state index in [1.54, 1.807) is 24.3 Å². The summed E-state index contributed by atoms with van der Waals surface area (Å²) in [5.74, 6) is -3.48. The van der Waals surface area contributed by atoms with Crippen LogP contribution in [0.2, 0.25) is 0 Å². The summed E-state index contributed by atoms with van der Waals surface area (Å²) in [6.45, 7) is 1.41. The molecule has 0 aliphatic carbocycles. The molecule has 13 heteroatoms. The average molecular weight is 566 g/mol. The van der Waals surface area contributed by atoms with Gasteiger partial charge in [0.1, 0.15) is 5.75 Å². The second-order valence-corrected chi connectivity index (χ2v) is 10.8. The van der Waals surface area contributed by atoms with E-state index in [0.29, 0.717) is 21.0 Å². The van der Waals surface area contributed by atoms with Crippen molar-refractivity contribution < 1.29 is 41.6 Å². The van der Waals surface area contributed by atoms with Gasteiger partial charge in [0, 0.05) is 18.2 Å². The SMILES string of the molecule is CCC(C(=O)ON1C(=O)CCC1=O)S(=O)(=O)N(C(=O)c1c2ccccc2nc2occc12)c1ccc(OC)cc1. The molecule has 12 nitrogen and oxygen atoms in total. The second-order valence-electron chi connectivity index (χ2n) is 8.84. The number of aromatic nitrogens is 1. The molecule has 3 amide bonds. The first kappa shape index (κ1) is 26.8. The summed E-state index contributed by atoms with van der Waals surface area (Å²) in [4.78, 5) is 60.8. The first-order valence-corrected chi connectivity index (χ1v) is 13.7. The summed E-state index contributed by atoms with van der Waals surface area (Å²) >= 11 is 0. The standard InChI is InChI=1S/C27H23N3O9S/c1-3-21(27(34)39-29-22(31)12-13-23(29)32)40(35,36)30(16-8-10-17(37-2)11-9-16)26(33)24-18-6-4-5-7-20(18)28-25-19(24)14-15-38-25/h4-11,14-15,21H,3,12-13H2,1-2H3. The van der Waals surface area contributed by atoms with Crippen LogP contribution >= 0.6 is 0 Å². The summed E-state index contributed by atoms with van der Waals surface area (Å²) < 4.78 is 39.4. The highest BCUT2D eigenvalue weighted by atomic mass is 32.2. The van der Waals surface area contributed by atoms with Crippen molar-refractivity contribution in [1.29, 1.82) is 0 Å². The topological polar surface area (TPSA) is 153 Å². The van der Waals surface area contributed by atoms with E-state index in [1.807, 2.05) is 0 Å². The Morgan fingerprint density at radius 2 is 1.70 bits per heavy atom. The van der Waals surface area contributed by atoms with Gasteiger partial charge >= 0.3 is 5.97 Å². The smallest absolute Gasteiger partial charge is 0.353 e. The number of methoxy groups -OCH3 is 1. The van der Waals surface area contributed by atoms with Crippen LogP contribution in [-0.2, 0) is 29.2 Å². The van der Waals surface area contributed by atoms with Crippen molar-refractivity contribution in [1.82, 2.24) is 10.0 Å². The number of para-hydroxylation sites is 1. The first-order chi connectivity index (χ1) is 19.2. The number of hydrogen-bond donors (Lipinski definition) is 0. The molecular formula is C27H23N3O9S. The lowest BCUT2D eigenvalue weighted by Gasteiger charge is -2.27. The molecule has 0 N–H and O–H groups in total. The van der Waals surface area contributed by atoms with E-state index in [4.69, 9.17) is 14.0 Å². The zero-order chi connectivity index (χ0) is 28.6. The van der Waals surface area contributed by atoms with Gasteiger partial charge in [0.25, 0.3) is 27.7 Å². The number of pyridine rings is 1. The number of sulfonamides is 1. The van der Waals surface area contributed by atoms with Crippen LogP contribution in [0.3, 0.4) is 0 Å². The van der Waals surface area contributed by atoms with E-state index >= 15 is 0 Å². The number of fused-ring (bicyclic) bond motifs is 2. The number of rotatable bonds is 8. The number of hydrogen-bond acceptors (Lipinski definition) is 10. The molecule has 5 rings (SSSR count). The van der Waals surface area contributed by atoms with E-state index in [9.17, 15) is 27.6 Å². The zero-order valence-electron chi connectivity index (χ0n) is 21.4. The van der Waals surface area contributed by atoms with E-state index < -0.39 is 39.0 Å². The number of anilines is 1. The summed E-state index contributed by atoms with van der Waals surface area (Å²) in [6, 6.07) is 13.8. The fraction of sp³-hybridized carbons (Fsp3) is 0.222. The van der Waals surface area contributed by atoms with Gasteiger partial charge in [-0.25, -0.2) is 22.5 Å². The monoisotopic (exact) mass is 565 g/mol. The van der Waals surface area contributed by atoms with Gasteiger partial charge in [-0.2, -0.15) is 0 Å².